The Morgan fingerprint density at radius 3 is 2.83 bits per heavy atom. The summed E-state index contributed by atoms with van der Waals surface area (Å²) in [7, 11) is 0. The van der Waals surface area contributed by atoms with Gasteiger partial charge in [-0.1, -0.05) is 35.9 Å². The van der Waals surface area contributed by atoms with Crippen LogP contribution in [-0.2, 0) is 6.54 Å². The number of fused-ring (bicyclic) bond motifs is 1. The number of hydrogen-bond donors (Lipinski definition) is 1. The molecule has 3 heterocycles. The van der Waals surface area contributed by atoms with Crippen LogP contribution in [0.25, 0.3) is 20.8 Å². The molecule has 0 saturated heterocycles. The average Bonchev–Trinajstić information content (AvgIpc) is 3.20. The lowest BCUT2D eigenvalue weighted by molar-refractivity contribution is 0.156. The molecular formula is C18H14ClN3OS. The maximum atomic E-state index is 10.5. The van der Waals surface area contributed by atoms with Crippen molar-refractivity contribution in [1.29, 1.82) is 0 Å². The number of nitrogens with zero attached hydrogens (tertiary/aromatic N) is 3. The molecule has 0 bridgehead atoms. The lowest BCUT2D eigenvalue weighted by Crippen LogP contribution is -2.09. The first kappa shape index (κ1) is 15.3. The molecule has 120 valence electrons. The zero-order chi connectivity index (χ0) is 16.5. The molecule has 1 unspecified atom stereocenters. The number of rotatable bonds is 4. The number of aliphatic hydroxyl groups excluding tert-OH is 1. The average molecular weight is 356 g/mol. The molecule has 0 aliphatic carbocycles. The summed E-state index contributed by atoms with van der Waals surface area (Å²) >= 11 is 8.17. The Balaban J connectivity index is 1.70. The van der Waals surface area contributed by atoms with Crippen molar-refractivity contribution < 1.29 is 5.11 Å². The molecule has 0 aliphatic rings. The number of halogens is 1. The number of aromatic nitrogens is 3. The van der Waals surface area contributed by atoms with Gasteiger partial charge in [-0.15, -0.1) is 11.3 Å². The lowest BCUT2D eigenvalue weighted by Gasteiger charge is -2.13. The molecule has 4 rings (SSSR count). The summed E-state index contributed by atoms with van der Waals surface area (Å²) in [4.78, 5) is 9.42. The summed E-state index contributed by atoms with van der Waals surface area (Å²) < 4.78 is 3.05. The normalized spacial score (nSPS) is 12.6. The van der Waals surface area contributed by atoms with Gasteiger partial charge in [0.1, 0.15) is 0 Å². The summed E-state index contributed by atoms with van der Waals surface area (Å²) in [6, 6.07) is 11.7. The fourth-order valence-corrected chi connectivity index (χ4v) is 4.22. The second-order valence-electron chi connectivity index (χ2n) is 5.45. The second kappa shape index (κ2) is 6.36. The van der Waals surface area contributed by atoms with E-state index in [1.807, 2.05) is 47.2 Å². The molecular weight excluding hydrogens is 342 g/mol. The van der Waals surface area contributed by atoms with E-state index in [-0.39, 0.29) is 0 Å². The zero-order valence-electron chi connectivity index (χ0n) is 12.6. The number of benzene rings is 1. The third-order valence-electron chi connectivity index (χ3n) is 3.89. The van der Waals surface area contributed by atoms with Gasteiger partial charge in [0.2, 0.25) is 0 Å². The van der Waals surface area contributed by atoms with Crippen molar-refractivity contribution >= 4 is 33.0 Å². The monoisotopic (exact) mass is 355 g/mol. The van der Waals surface area contributed by atoms with Gasteiger partial charge in [0, 0.05) is 40.4 Å². The van der Waals surface area contributed by atoms with E-state index in [4.69, 9.17) is 11.6 Å². The third kappa shape index (κ3) is 2.71. The van der Waals surface area contributed by atoms with Crippen LogP contribution >= 0.6 is 22.9 Å². The summed E-state index contributed by atoms with van der Waals surface area (Å²) in [6.07, 6.45) is 6.30. The molecule has 1 aromatic carbocycles. The van der Waals surface area contributed by atoms with Crippen molar-refractivity contribution in [2.24, 2.45) is 0 Å². The van der Waals surface area contributed by atoms with Crippen LogP contribution in [0.2, 0.25) is 5.02 Å². The van der Waals surface area contributed by atoms with Gasteiger partial charge in [0.25, 0.3) is 0 Å². The fourth-order valence-electron chi connectivity index (χ4n) is 2.69. The second-order valence-corrected chi connectivity index (χ2v) is 6.88. The van der Waals surface area contributed by atoms with Crippen LogP contribution in [-0.4, -0.2) is 19.6 Å². The molecule has 0 fully saturated rings. The molecule has 0 saturated carbocycles. The van der Waals surface area contributed by atoms with E-state index in [0.29, 0.717) is 11.6 Å². The maximum Gasteiger partial charge on any atom is 0.151 e. The molecule has 4 nitrogen and oxygen atoms in total. The quantitative estimate of drug-likeness (QED) is 0.584. The first-order chi connectivity index (χ1) is 11.7. The Hall–Kier alpha value is -2.21. The fraction of sp³-hybridized carbons (Fsp3) is 0.111. The molecule has 1 atom stereocenters. The Bertz CT molecular complexity index is 980. The van der Waals surface area contributed by atoms with Crippen molar-refractivity contribution in [2.45, 2.75) is 12.6 Å². The summed E-state index contributed by atoms with van der Waals surface area (Å²) in [6.45, 7) is 0.394. The highest BCUT2D eigenvalue weighted by Gasteiger charge is 2.18. The molecule has 1 N–H and O–H groups in total. The van der Waals surface area contributed by atoms with Gasteiger partial charge in [-0.3, -0.25) is 4.98 Å². The first-order valence-electron chi connectivity index (χ1n) is 7.50. The first-order valence-corrected chi connectivity index (χ1v) is 8.70. The van der Waals surface area contributed by atoms with E-state index in [9.17, 15) is 5.11 Å². The molecule has 0 spiro atoms. The minimum absolute atomic E-state index is 0.394. The standard InChI is InChI=1S/C18H14ClN3OS/c19-16-13-5-1-2-6-15(13)24-17(16)18-21-8-9-22(18)11-14(23)12-4-3-7-20-10-12/h1-10,14,23H,11H2. The molecule has 24 heavy (non-hydrogen) atoms. The van der Waals surface area contributed by atoms with Crippen LogP contribution in [0.1, 0.15) is 11.7 Å². The van der Waals surface area contributed by atoms with Gasteiger partial charge in [0.05, 0.1) is 22.5 Å². The SMILES string of the molecule is OC(Cn1ccnc1-c1sc2ccccc2c1Cl)c1cccnc1. The highest BCUT2D eigenvalue weighted by molar-refractivity contribution is 7.23. The number of hydrogen-bond acceptors (Lipinski definition) is 4. The Morgan fingerprint density at radius 1 is 1.17 bits per heavy atom. The lowest BCUT2D eigenvalue weighted by atomic mass is 10.1. The van der Waals surface area contributed by atoms with Crippen LogP contribution in [0.3, 0.4) is 0 Å². The molecule has 3 aromatic heterocycles. The molecule has 6 heteroatoms. The van der Waals surface area contributed by atoms with Crippen LogP contribution in [0, 0.1) is 0 Å². The van der Waals surface area contributed by atoms with Gasteiger partial charge in [-0.2, -0.15) is 0 Å². The minimum Gasteiger partial charge on any atom is -0.386 e. The van der Waals surface area contributed by atoms with Crippen molar-refractivity contribution in [3.63, 3.8) is 0 Å². The Morgan fingerprint density at radius 2 is 2.04 bits per heavy atom. The highest BCUT2D eigenvalue weighted by Crippen LogP contribution is 2.41. The predicted octanol–water partition coefficient (Wildman–Crippen LogP) is 4.55. The Labute approximate surface area is 148 Å². The number of imidazole rings is 1. The van der Waals surface area contributed by atoms with Gasteiger partial charge in [-0.05, 0) is 12.1 Å². The minimum atomic E-state index is -0.653. The largest absolute Gasteiger partial charge is 0.386 e. The van der Waals surface area contributed by atoms with Crippen LogP contribution in [0.15, 0.2) is 61.2 Å². The van der Waals surface area contributed by atoms with Crippen molar-refractivity contribution in [3.8, 4) is 10.7 Å². The van der Waals surface area contributed by atoms with Gasteiger partial charge < -0.3 is 9.67 Å². The van der Waals surface area contributed by atoms with Crippen LogP contribution in [0.5, 0.6) is 0 Å². The predicted molar refractivity (Wildman–Crippen MR) is 97.3 cm³/mol. The summed E-state index contributed by atoms with van der Waals surface area (Å²) in [5, 5.41) is 12.2. The highest BCUT2D eigenvalue weighted by atomic mass is 35.5. The van der Waals surface area contributed by atoms with E-state index in [1.165, 1.54) is 0 Å². The smallest absolute Gasteiger partial charge is 0.151 e. The number of thiophene rings is 1. The van der Waals surface area contributed by atoms with Crippen LogP contribution in [0.4, 0.5) is 0 Å². The van der Waals surface area contributed by atoms with E-state index < -0.39 is 6.10 Å². The number of aliphatic hydroxyl groups is 1. The summed E-state index contributed by atoms with van der Waals surface area (Å²) in [5.41, 5.74) is 0.777. The van der Waals surface area contributed by atoms with Crippen molar-refractivity contribution in [3.05, 3.63) is 71.8 Å². The summed E-state index contributed by atoms with van der Waals surface area (Å²) in [5.74, 6) is 0.768. The van der Waals surface area contributed by atoms with Gasteiger partial charge in [0.15, 0.2) is 5.82 Å². The van der Waals surface area contributed by atoms with E-state index in [2.05, 4.69) is 9.97 Å². The van der Waals surface area contributed by atoms with Crippen molar-refractivity contribution in [1.82, 2.24) is 14.5 Å². The molecule has 0 amide bonds. The van der Waals surface area contributed by atoms with Crippen molar-refractivity contribution in [2.75, 3.05) is 0 Å². The third-order valence-corrected chi connectivity index (χ3v) is 5.56. The molecule has 4 aromatic rings. The number of pyridine rings is 1. The van der Waals surface area contributed by atoms with E-state index in [1.54, 1.807) is 29.9 Å². The van der Waals surface area contributed by atoms with Crippen LogP contribution < -0.4 is 0 Å². The van der Waals surface area contributed by atoms with Gasteiger partial charge in [-0.25, -0.2) is 4.98 Å². The molecule has 0 radical (unpaired) electrons. The van der Waals surface area contributed by atoms with Gasteiger partial charge >= 0.3 is 0 Å². The van der Waals surface area contributed by atoms with E-state index in [0.717, 1.165) is 26.4 Å². The zero-order valence-corrected chi connectivity index (χ0v) is 14.2. The topological polar surface area (TPSA) is 50.9 Å². The van der Waals surface area contributed by atoms with E-state index >= 15 is 0 Å². The molecule has 0 aliphatic heterocycles. The maximum absolute atomic E-state index is 10.5. The Kier molecular flexibility index (Phi) is 4.06.